The Morgan fingerprint density at radius 3 is 2.67 bits per heavy atom. The Labute approximate surface area is 82.7 Å². The van der Waals surface area contributed by atoms with E-state index in [0.717, 1.165) is 18.4 Å². The van der Waals surface area contributed by atoms with Gasteiger partial charge in [-0.15, -0.1) is 0 Å². The van der Waals surface area contributed by atoms with Crippen molar-refractivity contribution in [2.24, 2.45) is 0 Å². The number of hydrogen-bond acceptors (Lipinski definition) is 2. The van der Waals surface area contributed by atoms with Crippen molar-refractivity contribution in [2.75, 3.05) is 11.9 Å². The van der Waals surface area contributed by atoms with E-state index in [1.807, 2.05) is 13.8 Å². The summed E-state index contributed by atoms with van der Waals surface area (Å²) in [5, 5.41) is 1.09. The lowest BCUT2D eigenvalue weighted by molar-refractivity contribution is -0.139. The zero-order chi connectivity index (χ0) is 9.03. The van der Waals surface area contributed by atoms with Gasteiger partial charge in [-0.2, -0.15) is 0 Å². The molecule has 0 amide bonds. The lowest BCUT2D eigenvalue weighted by atomic mass is 10.2. The van der Waals surface area contributed by atoms with Gasteiger partial charge in [-0.3, -0.25) is 0 Å². The van der Waals surface area contributed by atoms with Crippen molar-refractivity contribution in [2.45, 2.75) is 45.0 Å². The van der Waals surface area contributed by atoms with Crippen molar-refractivity contribution in [3.8, 4) is 0 Å². The molecule has 0 bridgehead atoms. The average molecular weight is 237 g/mol. The highest BCUT2D eigenvalue weighted by Gasteiger charge is 2.31. The van der Waals surface area contributed by atoms with Crippen LogP contribution in [0.15, 0.2) is 0 Å². The second-order valence-corrected chi connectivity index (χ2v) is 4.43. The fourth-order valence-corrected chi connectivity index (χ4v) is 1.77. The highest BCUT2D eigenvalue weighted by Crippen LogP contribution is 2.25. The summed E-state index contributed by atoms with van der Waals surface area (Å²) in [5.74, 6) is -0.348. The summed E-state index contributed by atoms with van der Waals surface area (Å²) in [6, 6.07) is 0. The Bertz CT molecular complexity index is 136. The van der Waals surface area contributed by atoms with Crippen LogP contribution in [0.2, 0.25) is 0 Å². The van der Waals surface area contributed by atoms with Crippen LogP contribution in [0.25, 0.3) is 0 Å². The van der Waals surface area contributed by atoms with Crippen LogP contribution in [-0.4, -0.2) is 23.8 Å². The van der Waals surface area contributed by atoms with Gasteiger partial charge in [0.15, 0.2) is 5.79 Å². The first kappa shape index (κ1) is 10.5. The second-order valence-electron chi connectivity index (χ2n) is 3.64. The van der Waals surface area contributed by atoms with Crippen molar-refractivity contribution < 1.29 is 9.47 Å². The Kier molecular flexibility index (Phi) is 4.00. The van der Waals surface area contributed by atoms with Gasteiger partial charge in [0.25, 0.3) is 0 Å². The van der Waals surface area contributed by atoms with E-state index in [0.29, 0.717) is 6.10 Å². The van der Waals surface area contributed by atoms with E-state index in [2.05, 4.69) is 15.9 Å². The first-order chi connectivity index (χ1) is 5.64. The van der Waals surface area contributed by atoms with Crippen LogP contribution >= 0.6 is 15.9 Å². The molecule has 72 valence electrons. The summed E-state index contributed by atoms with van der Waals surface area (Å²) in [5.41, 5.74) is 0. The summed E-state index contributed by atoms with van der Waals surface area (Å²) in [6.45, 7) is 4.70. The molecule has 1 unspecified atom stereocenters. The maximum Gasteiger partial charge on any atom is 0.163 e. The third-order valence-corrected chi connectivity index (χ3v) is 2.54. The third kappa shape index (κ3) is 3.42. The van der Waals surface area contributed by atoms with Crippen LogP contribution in [0, 0.1) is 0 Å². The van der Waals surface area contributed by atoms with Gasteiger partial charge in [0.05, 0.1) is 12.7 Å². The van der Waals surface area contributed by atoms with Crippen molar-refractivity contribution in [3.05, 3.63) is 0 Å². The Morgan fingerprint density at radius 2 is 2.17 bits per heavy atom. The van der Waals surface area contributed by atoms with E-state index in [1.54, 1.807) is 0 Å². The van der Waals surface area contributed by atoms with Crippen molar-refractivity contribution >= 4 is 15.9 Å². The lowest BCUT2D eigenvalue weighted by Gasteiger charge is -2.16. The molecule has 0 aromatic carbocycles. The third-order valence-electron chi connectivity index (χ3n) is 1.98. The Morgan fingerprint density at radius 1 is 1.42 bits per heavy atom. The number of halogens is 1. The predicted molar refractivity (Wildman–Crippen MR) is 52.5 cm³/mol. The van der Waals surface area contributed by atoms with Gasteiger partial charge in [-0.1, -0.05) is 15.9 Å². The predicted octanol–water partition coefficient (Wildman–Crippen LogP) is 2.70. The quantitative estimate of drug-likeness (QED) is 0.552. The molecule has 2 nitrogen and oxygen atoms in total. The van der Waals surface area contributed by atoms with Gasteiger partial charge in [-0.25, -0.2) is 0 Å². The van der Waals surface area contributed by atoms with E-state index >= 15 is 0 Å². The molecule has 0 radical (unpaired) electrons. The number of unbranched alkanes of at least 4 members (excludes halogenated alkanes) is 1. The Balaban J connectivity index is 2.11. The van der Waals surface area contributed by atoms with E-state index in [4.69, 9.17) is 9.47 Å². The van der Waals surface area contributed by atoms with E-state index < -0.39 is 0 Å². The smallest absolute Gasteiger partial charge is 0.163 e. The highest BCUT2D eigenvalue weighted by atomic mass is 79.9. The molecule has 0 saturated carbocycles. The molecular weight excluding hydrogens is 220 g/mol. The van der Waals surface area contributed by atoms with Crippen LogP contribution in [0.3, 0.4) is 0 Å². The molecule has 0 N–H and O–H groups in total. The minimum Gasteiger partial charge on any atom is -0.348 e. The molecule has 12 heavy (non-hydrogen) atoms. The standard InChI is InChI=1S/C9H17BrO2/c1-9(2)11-7-8(12-9)5-3-4-6-10/h8H,3-7H2,1-2H3. The summed E-state index contributed by atoms with van der Waals surface area (Å²) in [7, 11) is 0. The molecule has 1 aliphatic rings. The van der Waals surface area contributed by atoms with Gasteiger partial charge < -0.3 is 9.47 Å². The van der Waals surface area contributed by atoms with Crippen LogP contribution in [0.1, 0.15) is 33.1 Å². The number of rotatable bonds is 4. The molecule has 1 fully saturated rings. The lowest BCUT2D eigenvalue weighted by Crippen LogP contribution is -2.21. The van der Waals surface area contributed by atoms with Gasteiger partial charge in [0.2, 0.25) is 0 Å². The minimum atomic E-state index is -0.348. The summed E-state index contributed by atoms with van der Waals surface area (Å²) < 4.78 is 11.1. The maximum absolute atomic E-state index is 5.66. The zero-order valence-corrected chi connectivity index (χ0v) is 9.39. The van der Waals surface area contributed by atoms with E-state index in [9.17, 15) is 0 Å². The highest BCUT2D eigenvalue weighted by molar-refractivity contribution is 9.09. The molecule has 0 aliphatic carbocycles. The van der Waals surface area contributed by atoms with Crippen molar-refractivity contribution in [1.82, 2.24) is 0 Å². The fourth-order valence-electron chi connectivity index (χ4n) is 1.37. The minimum absolute atomic E-state index is 0.319. The summed E-state index contributed by atoms with van der Waals surface area (Å²) >= 11 is 3.41. The van der Waals surface area contributed by atoms with Gasteiger partial charge in [-0.05, 0) is 33.1 Å². The number of alkyl halides is 1. The number of ether oxygens (including phenoxy) is 2. The van der Waals surface area contributed by atoms with Crippen LogP contribution < -0.4 is 0 Å². The normalized spacial score (nSPS) is 27.8. The molecular formula is C9H17BrO2. The van der Waals surface area contributed by atoms with Crippen LogP contribution in [0.5, 0.6) is 0 Å². The molecule has 1 heterocycles. The molecule has 1 aliphatic heterocycles. The molecule has 1 atom stereocenters. The molecule has 3 heteroatoms. The number of hydrogen-bond donors (Lipinski definition) is 0. The topological polar surface area (TPSA) is 18.5 Å². The molecule has 0 aromatic rings. The molecule has 1 rings (SSSR count). The van der Waals surface area contributed by atoms with E-state index in [-0.39, 0.29) is 5.79 Å². The maximum atomic E-state index is 5.66. The summed E-state index contributed by atoms with van der Waals surface area (Å²) in [4.78, 5) is 0. The van der Waals surface area contributed by atoms with Gasteiger partial charge in [0, 0.05) is 5.33 Å². The summed E-state index contributed by atoms with van der Waals surface area (Å²) in [6.07, 6.45) is 3.88. The molecule has 0 spiro atoms. The van der Waals surface area contributed by atoms with E-state index in [1.165, 1.54) is 12.8 Å². The van der Waals surface area contributed by atoms with Crippen LogP contribution in [-0.2, 0) is 9.47 Å². The Hall–Kier alpha value is 0.400. The van der Waals surface area contributed by atoms with Gasteiger partial charge in [0.1, 0.15) is 0 Å². The molecule has 0 aromatic heterocycles. The second kappa shape index (κ2) is 4.58. The zero-order valence-electron chi connectivity index (χ0n) is 7.81. The van der Waals surface area contributed by atoms with Gasteiger partial charge >= 0.3 is 0 Å². The largest absolute Gasteiger partial charge is 0.348 e. The monoisotopic (exact) mass is 236 g/mol. The van der Waals surface area contributed by atoms with Crippen molar-refractivity contribution in [1.29, 1.82) is 0 Å². The molecule has 1 saturated heterocycles. The average Bonchev–Trinajstić information content (AvgIpc) is 2.31. The first-order valence-corrected chi connectivity index (χ1v) is 5.64. The fraction of sp³-hybridized carbons (Fsp3) is 1.00. The first-order valence-electron chi connectivity index (χ1n) is 4.52. The van der Waals surface area contributed by atoms with Crippen molar-refractivity contribution in [3.63, 3.8) is 0 Å². The van der Waals surface area contributed by atoms with Crippen LogP contribution in [0.4, 0.5) is 0 Å². The SMILES string of the molecule is CC1(C)OCC(CCCCBr)O1.